The zero-order valence-corrected chi connectivity index (χ0v) is 60.5. The number of hydrogen-bond donors (Lipinski definition) is 6. The normalized spacial score (nSPS) is 13.9. The Morgan fingerprint density at radius 2 is 1.12 bits per heavy atom. The first-order valence-corrected chi connectivity index (χ1v) is 28.9. The van der Waals surface area contributed by atoms with Gasteiger partial charge in [0.25, 0.3) is 0 Å². The van der Waals surface area contributed by atoms with Gasteiger partial charge in [-0.1, -0.05) is 30.0 Å². The number of benzene rings is 6. The average molecular weight is 1330 g/mol. The summed E-state index contributed by atoms with van der Waals surface area (Å²) >= 11 is 0. The van der Waals surface area contributed by atoms with Gasteiger partial charge < -0.3 is 49.1 Å². The number of ketones is 2. The quantitative estimate of drug-likeness (QED) is 0.0116. The number of allylic oxidation sites excluding steroid dienone is 4. The molecule has 0 unspecified atom stereocenters. The summed E-state index contributed by atoms with van der Waals surface area (Å²) in [6.07, 6.45) is 4.08. The third kappa shape index (κ3) is 18.5. The number of hydrazone groups is 2. The smallest absolute Gasteiger partial charge is 0.872 e. The fourth-order valence-electron chi connectivity index (χ4n) is 7.97. The number of nitrogens with zero attached hydrogens (tertiary/aromatic N) is 7. The summed E-state index contributed by atoms with van der Waals surface area (Å²) < 4.78 is 153. The van der Waals surface area contributed by atoms with Crippen LogP contribution < -0.4 is 184 Å². The van der Waals surface area contributed by atoms with Crippen molar-refractivity contribution in [3.63, 3.8) is 0 Å². The van der Waals surface area contributed by atoms with Gasteiger partial charge in [0.05, 0.1) is 66.4 Å². The Bertz CT molecular complexity index is 4670. The molecule has 1 heterocycles. The number of carboxylic acids is 1. The number of aliphatic carboxylic acids is 1. The first kappa shape index (κ1) is 76.3. The number of carbonyl (C=O) groups is 3. The molecule has 7 aromatic rings. The molecule has 430 valence electrons. The molecule has 2 aliphatic carbocycles. The van der Waals surface area contributed by atoms with E-state index in [1.165, 1.54) is 25.1 Å². The van der Waals surface area contributed by atoms with Crippen LogP contribution in [-0.4, -0.2) is 108 Å². The maximum Gasteiger partial charge on any atom is 1.00 e. The summed E-state index contributed by atoms with van der Waals surface area (Å²) in [6.45, 7) is 1.43. The zero-order chi connectivity index (χ0) is 60.6. The van der Waals surface area contributed by atoms with Gasteiger partial charge in [0.2, 0.25) is 23.6 Å². The van der Waals surface area contributed by atoms with Gasteiger partial charge in [-0.3, -0.25) is 20.4 Å². The number of rotatable bonds is 18. The van der Waals surface area contributed by atoms with E-state index in [1.54, 1.807) is 54.6 Å². The number of methoxy groups -OCH3 is 1. The summed E-state index contributed by atoms with van der Waals surface area (Å²) in [5.74, 6) is -5.49. The monoisotopic (exact) mass is 1330 g/mol. The van der Waals surface area contributed by atoms with Gasteiger partial charge in [-0.2, -0.15) is 30.3 Å². The van der Waals surface area contributed by atoms with E-state index in [2.05, 4.69) is 62.2 Å². The number of carbonyl (C=O) groups excluding carboxylic acids is 2. The first-order valence-electron chi connectivity index (χ1n) is 23.3. The molecule has 9 rings (SSSR count). The molecule has 0 saturated heterocycles. The molecular weight excluding hydrogens is 1300 g/mol. The third-order valence-corrected chi connectivity index (χ3v) is 15.1. The van der Waals surface area contributed by atoms with Gasteiger partial charge in [-0.05, 0) is 121 Å². The van der Waals surface area contributed by atoms with E-state index in [4.69, 9.17) is 4.74 Å². The first-order chi connectivity index (χ1) is 39.5. The standard InChI is InChI=1S/C50H38N12O18S4.5Na/c1-24-14-36(41(80-2)23-35(24)59-61-38-21-32(82(71,72)73)15-25-16-33(83(74,75)76)22-40(64)43(25)38)60-62-45-42(84(77,78)79)18-26-17-31(81(68,69)70)20-37(44(26)46(45)65)53-50-55-48(51-27-6-4-3-5-7-27)54-49(56-50)52-28-8-10-29(11-9-28)57-58-30-12-13-39(63)34(19-30)47(66)67;;;;;/h3-23,57,60,64H,1-2H3,(H,66,67)(H,68,69,70)(H,71,72,73)(H,74,75,76)(H,77,78,79)(H3,51,52,53,54,55,56);;;;;/q;5*+1/p-5/b58-30+,61-59?,62-45+;;;;;. The summed E-state index contributed by atoms with van der Waals surface area (Å²) in [4.78, 5) is 46.8. The minimum atomic E-state index is -5.68. The number of para-hydroxylation sites is 1. The molecule has 0 amide bonds. The van der Waals surface area contributed by atoms with Crippen molar-refractivity contribution in [1.29, 1.82) is 0 Å². The minimum Gasteiger partial charge on any atom is -0.872 e. The van der Waals surface area contributed by atoms with E-state index in [-0.39, 0.29) is 188 Å². The van der Waals surface area contributed by atoms with E-state index in [0.717, 1.165) is 25.3 Å². The topological polar surface area (TPSA) is 481 Å². The van der Waals surface area contributed by atoms with Gasteiger partial charge in [0.15, 0.2) is 5.78 Å². The van der Waals surface area contributed by atoms with Crippen molar-refractivity contribution >= 4 is 144 Å². The second-order valence-corrected chi connectivity index (χ2v) is 23.0. The zero-order valence-electron chi connectivity index (χ0n) is 47.3. The van der Waals surface area contributed by atoms with Crippen LogP contribution in [0.5, 0.6) is 11.5 Å². The van der Waals surface area contributed by atoms with Crippen molar-refractivity contribution in [2.75, 3.05) is 33.9 Å². The summed E-state index contributed by atoms with van der Waals surface area (Å²) in [5.41, 5.74) is 2.82. The molecule has 39 heteroatoms. The van der Waals surface area contributed by atoms with Gasteiger partial charge in [-0.15, -0.1) is 5.11 Å². The molecule has 6 N–H and O–H groups in total. The number of nitrogens with one attached hydrogen (secondary N) is 5. The summed E-state index contributed by atoms with van der Waals surface area (Å²) in [6, 6.07) is 21.0. The van der Waals surface area contributed by atoms with Crippen molar-refractivity contribution in [3.05, 3.63) is 149 Å². The Morgan fingerprint density at radius 1 is 0.584 bits per heavy atom. The number of Topliss-reactive ketones (excluding diaryl/α,β-unsaturated/α-hetero) is 1. The molecule has 0 fully saturated rings. The van der Waals surface area contributed by atoms with Crippen LogP contribution in [0.25, 0.3) is 16.8 Å². The van der Waals surface area contributed by atoms with Crippen LogP contribution in [0.3, 0.4) is 0 Å². The molecule has 0 spiro atoms. The van der Waals surface area contributed by atoms with Crippen LogP contribution in [0.1, 0.15) is 21.5 Å². The molecule has 6 aromatic carbocycles. The Balaban J connectivity index is 0.00000339. The van der Waals surface area contributed by atoms with Crippen LogP contribution in [0.15, 0.2) is 167 Å². The Kier molecular flexibility index (Phi) is 26.5. The Labute approximate surface area is 615 Å². The Morgan fingerprint density at radius 3 is 1.69 bits per heavy atom. The number of aromatic nitrogens is 3. The molecule has 89 heavy (non-hydrogen) atoms. The number of fused-ring (bicyclic) bond motifs is 2. The molecule has 0 bridgehead atoms. The number of aryl methyl sites for hydroxylation is 1. The summed E-state index contributed by atoms with van der Waals surface area (Å²) in [7, 11) is -20.4. The van der Waals surface area contributed by atoms with Gasteiger partial charge >= 0.3 is 154 Å². The van der Waals surface area contributed by atoms with Crippen LogP contribution in [0.2, 0.25) is 0 Å². The molecule has 1 aromatic heterocycles. The van der Waals surface area contributed by atoms with Gasteiger partial charge in [0.1, 0.15) is 57.5 Å². The minimum absolute atomic E-state index is 0. The number of carboxylic acid groups (broad SMARTS) is 1. The number of anilines is 8. The molecule has 0 aliphatic heterocycles. The van der Waals surface area contributed by atoms with E-state index in [0.29, 0.717) is 53.5 Å². The molecule has 0 radical (unpaired) electrons. The SMILES string of the molecule is COc1cc(N=Nc2cc(S(=O)(=O)[O-])cc3cc(S(=O)(=O)[O-])cc([O-])c23)c(C)cc1N/N=C1/C(=O)c2c(cc(S(=O)(=O)[O-])cc2Nc2nc(Nc3ccccc3)nc(Nc3ccc(N/N=C4\C=CC(=O)C(C(=O)O)=C4)cc3)n2)C=C1S(=O)(=O)[O-].[Na+].[Na+].[Na+].[Na+].[Na+]. The van der Waals surface area contributed by atoms with Crippen molar-refractivity contribution in [1.82, 2.24) is 15.0 Å². The van der Waals surface area contributed by atoms with Crippen LogP contribution in [-0.2, 0) is 50.1 Å². The van der Waals surface area contributed by atoms with E-state index in [1.807, 2.05) is 0 Å². The average Bonchev–Trinajstić information content (AvgIpc) is 0.995. The van der Waals surface area contributed by atoms with Crippen molar-refractivity contribution in [3.8, 4) is 11.5 Å². The number of azo groups is 1. The maximum atomic E-state index is 14.7. The van der Waals surface area contributed by atoms with Crippen molar-refractivity contribution < 1.29 is 229 Å². The summed E-state index contributed by atoms with van der Waals surface area (Å²) in [5, 5.41) is 46.2. The maximum absolute atomic E-state index is 14.7. The molecule has 30 nitrogen and oxygen atoms in total. The molecule has 0 saturated carbocycles. The van der Waals surface area contributed by atoms with Crippen molar-refractivity contribution in [2.24, 2.45) is 20.4 Å². The van der Waals surface area contributed by atoms with Crippen molar-refractivity contribution in [2.45, 2.75) is 21.6 Å². The van der Waals surface area contributed by atoms with Crippen LogP contribution in [0, 0.1) is 6.92 Å². The van der Waals surface area contributed by atoms with E-state index in [9.17, 15) is 76.5 Å². The second kappa shape index (κ2) is 30.9. The third-order valence-electron chi connectivity index (χ3n) is 11.8. The fourth-order valence-corrected chi connectivity index (χ4v) is 10.2. The predicted octanol–water partition coefficient (Wildman–Crippen LogP) is -9.74. The molecular formula is C50H33N12Na5O18S4. The van der Waals surface area contributed by atoms with Gasteiger partial charge in [0, 0.05) is 22.8 Å². The van der Waals surface area contributed by atoms with Crippen LogP contribution >= 0.6 is 0 Å². The predicted molar refractivity (Wildman–Crippen MR) is 292 cm³/mol. The number of hydrogen-bond acceptors (Lipinski definition) is 29. The van der Waals surface area contributed by atoms with Crippen LogP contribution in [0.4, 0.5) is 57.7 Å². The Hall–Kier alpha value is -5.20. The molecule has 0 atom stereocenters. The van der Waals surface area contributed by atoms with E-state index >= 15 is 0 Å². The van der Waals surface area contributed by atoms with E-state index < -0.39 is 134 Å². The fraction of sp³-hybridized carbons (Fsp3) is 0.0400. The second-order valence-electron chi connectivity index (χ2n) is 17.5. The molecule has 2 aliphatic rings. The number of ether oxygens (including phenoxy) is 1. The van der Waals surface area contributed by atoms with Gasteiger partial charge in [-0.25, -0.2) is 38.5 Å². The largest absolute Gasteiger partial charge is 1.00 e.